The molecule has 4 nitrogen and oxygen atoms in total. The maximum absolute atomic E-state index is 5.82. The number of nitrogen functional groups attached to an aromatic ring is 1. The lowest BCUT2D eigenvalue weighted by Gasteiger charge is -2.23. The van der Waals surface area contributed by atoms with E-state index in [1.807, 2.05) is 12.1 Å². The van der Waals surface area contributed by atoms with E-state index >= 15 is 0 Å². The minimum atomic E-state index is 0.509. The van der Waals surface area contributed by atoms with Crippen molar-refractivity contribution in [3.8, 4) is 5.88 Å². The minimum Gasteiger partial charge on any atom is -0.479 e. The molecule has 0 unspecified atom stereocenters. The van der Waals surface area contributed by atoms with Crippen LogP contribution in [0.3, 0.4) is 0 Å². The summed E-state index contributed by atoms with van der Waals surface area (Å²) in [6.45, 7) is 0.905. The second kappa shape index (κ2) is 5.09. The van der Waals surface area contributed by atoms with Crippen molar-refractivity contribution in [1.29, 1.82) is 0 Å². The highest BCUT2D eigenvalue weighted by atomic mass is 32.1. The topological polar surface area (TPSA) is 51.4 Å². The molecule has 0 atom stereocenters. The smallest absolute Gasteiger partial charge is 0.238 e. The quantitative estimate of drug-likeness (QED) is 0.911. The van der Waals surface area contributed by atoms with Crippen LogP contribution in [0, 0.1) is 0 Å². The standard InChI is InChI=1S/C14H17N3OS/c1-18-14-12(15)6-7-13(16-14)17(10-4-5-10)9-11-3-2-8-19-11/h2-3,6-8,10H,4-5,9,15H2,1H3. The van der Waals surface area contributed by atoms with Crippen LogP contribution in [0.1, 0.15) is 17.7 Å². The Morgan fingerprint density at radius 1 is 1.42 bits per heavy atom. The summed E-state index contributed by atoms with van der Waals surface area (Å²) in [7, 11) is 1.60. The van der Waals surface area contributed by atoms with Gasteiger partial charge in [0.05, 0.1) is 19.3 Å². The maximum atomic E-state index is 5.82. The van der Waals surface area contributed by atoms with Crippen molar-refractivity contribution in [2.75, 3.05) is 17.7 Å². The van der Waals surface area contributed by atoms with E-state index in [9.17, 15) is 0 Å². The summed E-state index contributed by atoms with van der Waals surface area (Å²) >= 11 is 1.78. The highest BCUT2D eigenvalue weighted by Crippen LogP contribution is 2.34. The van der Waals surface area contributed by atoms with Crippen LogP contribution in [0.2, 0.25) is 0 Å². The zero-order chi connectivity index (χ0) is 13.2. The van der Waals surface area contributed by atoms with Crippen LogP contribution in [0.25, 0.3) is 0 Å². The number of nitrogens with two attached hydrogens (primary N) is 1. The number of nitrogens with zero attached hydrogens (tertiary/aromatic N) is 2. The lowest BCUT2D eigenvalue weighted by Crippen LogP contribution is -2.25. The Hall–Kier alpha value is -1.75. The van der Waals surface area contributed by atoms with Gasteiger partial charge in [0.2, 0.25) is 5.88 Å². The van der Waals surface area contributed by atoms with Crippen molar-refractivity contribution < 1.29 is 4.74 Å². The fraction of sp³-hybridized carbons (Fsp3) is 0.357. The first-order valence-electron chi connectivity index (χ1n) is 6.37. The molecule has 1 aliphatic rings. The third kappa shape index (κ3) is 2.66. The highest BCUT2D eigenvalue weighted by molar-refractivity contribution is 7.09. The molecule has 0 radical (unpaired) electrons. The first-order valence-corrected chi connectivity index (χ1v) is 7.25. The molecule has 2 aromatic rings. The molecule has 1 saturated carbocycles. The van der Waals surface area contributed by atoms with E-state index < -0.39 is 0 Å². The number of aromatic nitrogens is 1. The lowest BCUT2D eigenvalue weighted by molar-refractivity contribution is 0.400. The van der Waals surface area contributed by atoms with Gasteiger partial charge in [-0.05, 0) is 36.4 Å². The number of hydrogen-bond donors (Lipinski definition) is 1. The predicted molar refractivity (Wildman–Crippen MR) is 78.7 cm³/mol. The van der Waals surface area contributed by atoms with Gasteiger partial charge in [0.15, 0.2) is 0 Å². The zero-order valence-corrected chi connectivity index (χ0v) is 11.7. The Kier molecular flexibility index (Phi) is 3.29. The van der Waals surface area contributed by atoms with E-state index in [0.29, 0.717) is 17.6 Å². The Balaban J connectivity index is 1.87. The summed E-state index contributed by atoms with van der Waals surface area (Å²) in [6.07, 6.45) is 2.47. The number of rotatable bonds is 5. The van der Waals surface area contributed by atoms with Gasteiger partial charge in [-0.3, -0.25) is 0 Å². The first kappa shape index (κ1) is 12.3. The molecule has 1 fully saturated rings. The van der Waals surface area contributed by atoms with Gasteiger partial charge in [-0.1, -0.05) is 6.07 Å². The van der Waals surface area contributed by atoms with Crippen molar-refractivity contribution in [3.05, 3.63) is 34.5 Å². The van der Waals surface area contributed by atoms with Crippen LogP contribution >= 0.6 is 11.3 Å². The van der Waals surface area contributed by atoms with Crippen molar-refractivity contribution in [1.82, 2.24) is 4.98 Å². The summed E-state index contributed by atoms with van der Waals surface area (Å²) < 4.78 is 5.21. The number of thiophene rings is 1. The van der Waals surface area contributed by atoms with E-state index in [2.05, 4.69) is 27.4 Å². The largest absolute Gasteiger partial charge is 0.479 e. The van der Waals surface area contributed by atoms with E-state index in [-0.39, 0.29) is 0 Å². The molecule has 2 heterocycles. The summed E-state index contributed by atoms with van der Waals surface area (Å²) in [5.41, 5.74) is 6.41. The first-order chi connectivity index (χ1) is 9.28. The van der Waals surface area contributed by atoms with Gasteiger partial charge in [0, 0.05) is 10.9 Å². The van der Waals surface area contributed by atoms with Crippen LogP contribution in [-0.2, 0) is 6.54 Å². The van der Waals surface area contributed by atoms with Gasteiger partial charge in [-0.15, -0.1) is 11.3 Å². The molecule has 0 spiro atoms. The van der Waals surface area contributed by atoms with E-state index in [1.54, 1.807) is 18.4 Å². The normalized spacial score (nSPS) is 14.4. The molecule has 0 bridgehead atoms. The maximum Gasteiger partial charge on any atom is 0.238 e. The van der Waals surface area contributed by atoms with Crippen molar-refractivity contribution in [2.45, 2.75) is 25.4 Å². The van der Waals surface area contributed by atoms with Gasteiger partial charge < -0.3 is 15.4 Å². The number of pyridine rings is 1. The molecule has 0 aromatic carbocycles. The predicted octanol–water partition coefficient (Wildman–Crippen LogP) is 2.90. The van der Waals surface area contributed by atoms with Gasteiger partial charge in [-0.25, -0.2) is 0 Å². The highest BCUT2D eigenvalue weighted by Gasteiger charge is 2.30. The third-order valence-electron chi connectivity index (χ3n) is 3.26. The number of methoxy groups -OCH3 is 1. The van der Waals surface area contributed by atoms with Crippen LogP contribution in [0.4, 0.5) is 11.5 Å². The van der Waals surface area contributed by atoms with Crippen molar-refractivity contribution in [2.24, 2.45) is 0 Å². The van der Waals surface area contributed by atoms with Gasteiger partial charge in [0.1, 0.15) is 5.82 Å². The summed E-state index contributed by atoms with van der Waals surface area (Å²) in [4.78, 5) is 8.21. The zero-order valence-electron chi connectivity index (χ0n) is 10.9. The molecule has 0 amide bonds. The Bertz CT molecular complexity index is 552. The molecule has 0 saturated heterocycles. The fourth-order valence-electron chi connectivity index (χ4n) is 2.12. The van der Waals surface area contributed by atoms with E-state index in [4.69, 9.17) is 10.5 Å². The molecule has 2 aromatic heterocycles. The number of hydrogen-bond acceptors (Lipinski definition) is 5. The minimum absolute atomic E-state index is 0.509. The van der Waals surface area contributed by atoms with Crippen LogP contribution < -0.4 is 15.4 Å². The monoisotopic (exact) mass is 275 g/mol. The van der Waals surface area contributed by atoms with E-state index in [1.165, 1.54) is 17.7 Å². The SMILES string of the molecule is COc1nc(N(Cc2cccs2)C2CC2)ccc1N. The van der Waals surface area contributed by atoms with Crippen LogP contribution in [-0.4, -0.2) is 18.1 Å². The second-order valence-corrected chi connectivity index (χ2v) is 5.74. The average molecular weight is 275 g/mol. The Morgan fingerprint density at radius 3 is 2.89 bits per heavy atom. The van der Waals surface area contributed by atoms with Crippen molar-refractivity contribution >= 4 is 22.8 Å². The van der Waals surface area contributed by atoms with E-state index in [0.717, 1.165) is 12.4 Å². The van der Waals surface area contributed by atoms with Gasteiger partial charge in [0.25, 0.3) is 0 Å². The fourth-order valence-corrected chi connectivity index (χ4v) is 2.82. The Labute approximate surface area is 116 Å². The lowest BCUT2D eigenvalue weighted by atomic mass is 10.3. The van der Waals surface area contributed by atoms with Gasteiger partial charge in [-0.2, -0.15) is 4.98 Å². The molecule has 3 rings (SSSR count). The van der Waals surface area contributed by atoms with Crippen LogP contribution in [0.5, 0.6) is 5.88 Å². The number of ether oxygens (including phenoxy) is 1. The molecule has 0 aliphatic heterocycles. The van der Waals surface area contributed by atoms with Crippen LogP contribution in [0.15, 0.2) is 29.6 Å². The molecule has 1 aliphatic carbocycles. The third-order valence-corrected chi connectivity index (χ3v) is 4.12. The van der Waals surface area contributed by atoms with Gasteiger partial charge >= 0.3 is 0 Å². The second-order valence-electron chi connectivity index (χ2n) is 4.71. The summed E-state index contributed by atoms with van der Waals surface area (Å²) in [6, 6.07) is 8.69. The molecule has 2 N–H and O–H groups in total. The summed E-state index contributed by atoms with van der Waals surface area (Å²) in [5.74, 6) is 1.45. The van der Waals surface area contributed by atoms with Crippen molar-refractivity contribution in [3.63, 3.8) is 0 Å². The number of anilines is 2. The molecule has 5 heteroatoms. The average Bonchev–Trinajstić information content (AvgIpc) is 3.14. The molecular weight excluding hydrogens is 258 g/mol. The molecule has 19 heavy (non-hydrogen) atoms. The molecular formula is C14H17N3OS. The Morgan fingerprint density at radius 2 is 2.26 bits per heavy atom. The summed E-state index contributed by atoms with van der Waals surface area (Å²) in [5, 5.41) is 2.11. The molecule has 100 valence electrons.